The van der Waals surface area contributed by atoms with Crippen LogP contribution in [0.3, 0.4) is 0 Å². The number of benzene rings is 1. The number of nitrogens with one attached hydrogen (secondary N) is 2. The number of nitrogens with two attached hydrogens (primary N) is 1. The molecule has 0 radical (unpaired) electrons. The molecule has 0 bridgehead atoms. The van der Waals surface area contributed by atoms with Gasteiger partial charge in [0.05, 0.1) is 11.5 Å². The first-order valence-corrected chi connectivity index (χ1v) is 22.7. The summed E-state index contributed by atoms with van der Waals surface area (Å²) in [4.78, 5) is 66.2. The predicted octanol–water partition coefficient (Wildman–Crippen LogP) is 8.43. The summed E-state index contributed by atoms with van der Waals surface area (Å²) in [7, 11) is 0. The second-order valence-electron chi connectivity index (χ2n) is 21.1. The SMILES string of the molecule is CC(C)C1=C2C3CCC4C(C)(CCC5C(C)C(CC(=O)C6CC(C(=O)O)C6C)CCC54C)C3CCC2(CC(=O)NCC(C)(CN)NC(=O)c2ccc(Cl)cc2)CC1=O. The molecule has 7 rings (SSSR count). The van der Waals surface area contributed by atoms with Gasteiger partial charge in [0.25, 0.3) is 5.91 Å². The Bertz CT molecular complexity index is 1860. The third-order valence-electron chi connectivity index (χ3n) is 17.6. The van der Waals surface area contributed by atoms with Crippen LogP contribution in [0.5, 0.6) is 0 Å². The Hall–Kier alpha value is -3.04. The summed E-state index contributed by atoms with van der Waals surface area (Å²) < 4.78 is 0. The average molecular weight is 819 g/mol. The Morgan fingerprint density at radius 3 is 2.22 bits per heavy atom. The molecule has 9 nitrogen and oxygen atoms in total. The van der Waals surface area contributed by atoms with Crippen molar-refractivity contribution >= 4 is 41.0 Å². The monoisotopic (exact) mass is 817 g/mol. The highest BCUT2D eigenvalue weighted by molar-refractivity contribution is 6.30. The molecular formula is C48H68ClN3O6. The maximum absolute atomic E-state index is 14.0. The third kappa shape index (κ3) is 7.30. The fourth-order valence-corrected chi connectivity index (χ4v) is 14.5. The quantitative estimate of drug-likeness (QED) is 0.165. The van der Waals surface area contributed by atoms with Crippen LogP contribution in [0.25, 0.3) is 0 Å². The van der Waals surface area contributed by atoms with Gasteiger partial charge in [-0.3, -0.25) is 24.0 Å². The van der Waals surface area contributed by atoms with E-state index in [1.807, 2.05) is 13.8 Å². The third-order valence-corrected chi connectivity index (χ3v) is 17.9. The number of rotatable bonds is 12. The number of hydrogen-bond acceptors (Lipinski definition) is 6. The molecule has 1 aromatic carbocycles. The molecule has 13 unspecified atom stereocenters. The van der Waals surface area contributed by atoms with Crippen molar-refractivity contribution in [2.75, 3.05) is 13.1 Å². The second kappa shape index (κ2) is 15.8. The predicted molar refractivity (Wildman–Crippen MR) is 226 cm³/mol. The molecule has 2 amide bonds. The van der Waals surface area contributed by atoms with Crippen molar-refractivity contribution < 1.29 is 29.1 Å². The first-order chi connectivity index (χ1) is 27.3. The number of carboxylic acids is 1. The second-order valence-corrected chi connectivity index (χ2v) is 21.5. The van der Waals surface area contributed by atoms with Gasteiger partial charge in [0.15, 0.2) is 5.78 Å². The van der Waals surface area contributed by atoms with E-state index in [2.05, 4.69) is 45.3 Å². The normalized spacial score (nSPS) is 39.0. The van der Waals surface area contributed by atoms with E-state index in [9.17, 15) is 29.1 Å². The van der Waals surface area contributed by atoms with E-state index >= 15 is 0 Å². The van der Waals surface area contributed by atoms with E-state index < -0.39 is 16.9 Å². The number of allylic oxidation sites excluding steroid dienone is 2. The fourth-order valence-electron chi connectivity index (χ4n) is 14.4. The lowest BCUT2D eigenvalue weighted by Gasteiger charge is -2.67. The summed E-state index contributed by atoms with van der Waals surface area (Å²) in [5, 5.41) is 16.2. The number of carbonyl (C=O) groups is 5. The van der Waals surface area contributed by atoms with E-state index in [-0.39, 0.29) is 83.3 Å². The molecule has 0 heterocycles. The van der Waals surface area contributed by atoms with Gasteiger partial charge >= 0.3 is 5.97 Å². The van der Waals surface area contributed by atoms with Gasteiger partial charge in [-0.15, -0.1) is 0 Å². The molecule has 58 heavy (non-hydrogen) atoms. The Morgan fingerprint density at radius 2 is 1.59 bits per heavy atom. The van der Waals surface area contributed by atoms with Crippen LogP contribution in [0, 0.1) is 75.4 Å². The van der Waals surface area contributed by atoms with Gasteiger partial charge in [0.2, 0.25) is 5.91 Å². The zero-order valence-corrected chi connectivity index (χ0v) is 36.7. The van der Waals surface area contributed by atoms with Crippen LogP contribution in [0.15, 0.2) is 35.4 Å². The van der Waals surface area contributed by atoms with Gasteiger partial charge in [-0.2, -0.15) is 0 Å². The standard InChI is InChI=1S/C48H68ClN3O6/c1-26(2)41-38(54)22-48(23-40(55)51-25-45(5,24-50)52-43(56)29-8-10-31(49)11-9-29)19-16-36-32(42(41)48)12-13-39-46(6)17-14-30(27(3)35(46)15-18-47(36,39)7)20-37(53)33-21-34(28(33)4)44(57)58/h8-11,26-28,30,32-36,39H,12-25,50H2,1-7H3,(H,51,55)(H,52,56)(H,57,58). The van der Waals surface area contributed by atoms with Crippen LogP contribution in [-0.2, 0) is 19.2 Å². The van der Waals surface area contributed by atoms with E-state index in [1.165, 1.54) is 5.57 Å². The summed E-state index contributed by atoms with van der Waals surface area (Å²) >= 11 is 6.02. The first-order valence-electron chi connectivity index (χ1n) is 22.4. The van der Waals surface area contributed by atoms with Gasteiger partial charge in [-0.05, 0) is 153 Å². The highest BCUT2D eigenvalue weighted by Gasteiger charge is 2.65. The summed E-state index contributed by atoms with van der Waals surface area (Å²) in [6, 6.07) is 6.65. The lowest BCUT2D eigenvalue weighted by Crippen LogP contribution is -2.60. The van der Waals surface area contributed by atoms with Gasteiger partial charge in [-0.25, -0.2) is 0 Å². The molecular weight excluding hydrogens is 750 g/mol. The minimum Gasteiger partial charge on any atom is -0.481 e. The number of carboxylic acid groups (broad SMARTS) is 1. The summed E-state index contributed by atoms with van der Waals surface area (Å²) in [6.45, 7) is 15.9. The summed E-state index contributed by atoms with van der Waals surface area (Å²) in [5.41, 5.74) is 7.85. The first kappa shape index (κ1) is 43.1. The number of aliphatic carboxylic acids is 1. The highest BCUT2D eigenvalue weighted by atomic mass is 35.5. The van der Waals surface area contributed by atoms with E-state index in [0.717, 1.165) is 56.9 Å². The van der Waals surface area contributed by atoms with Crippen molar-refractivity contribution in [1.29, 1.82) is 0 Å². The van der Waals surface area contributed by atoms with Crippen molar-refractivity contribution in [3.63, 3.8) is 0 Å². The Labute approximate surface area is 350 Å². The number of amides is 2. The molecule has 0 saturated heterocycles. The molecule has 5 N–H and O–H groups in total. The molecule has 5 saturated carbocycles. The fraction of sp³-hybridized carbons (Fsp3) is 0.729. The van der Waals surface area contributed by atoms with E-state index in [1.54, 1.807) is 24.3 Å². The number of fused-ring (bicyclic) bond motifs is 7. The highest BCUT2D eigenvalue weighted by Crippen LogP contribution is 2.72. The van der Waals surface area contributed by atoms with Crippen LogP contribution in [0.1, 0.15) is 136 Å². The molecule has 318 valence electrons. The molecule has 10 heteroatoms. The van der Waals surface area contributed by atoms with Crippen molar-refractivity contribution in [2.45, 2.75) is 131 Å². The smallest absolute Gasteiger partial charge is 0.306 e. The number of halogens is 1. The van der Waals surface area contributed by atoms with Crippen LogP contribution >= 0.6 is 11.6 Å². The molecule has 6 aliphatic carbocycles. The minimum atomic E-state index is -0.871. The molecule has 13 atom stereocenters. The molecule has 5 fully saturated rings. The van der Waals surface area contributed by atoms with Gasteiger partial charge in [0, 0.05) is 54.3 Å². The van der Waals surface area contributed by atoms with Crippen LogP contribution in [-0.4, -0.2) is 53.1 Å². The molecule has 0 spiro atoms. The largest absolute Gasteiger partial charge is 0.481 e. The van der Waals surface area contributed by atoms with Gasteiger partial charge in [0.1, 0.15) is 5.78 Å². The van der Waals surface area contributed by atoms with Gasteiger partial charge < -0.3 is 21.5 Å². The molecule has 6 aliphatic rings. The topological polar surface area (TPSA) is 156 Å². The minimum absolute atomic E-state index is 0.0719. The Balaban J connectivity index is 1.05. The van der Waals surface area contributed by atoms with E-state index in [4.69, 9.17) is 17.3 Å². The van der Waals surface area contributed by atoms with Crippen LogP contribution in [0.2, 0.25) is 5.02 Å². The Kier molecular flexibility index (Phi) is 11.7. The molecule has 1 aromatic rings. The number of hydrogen-bond donors (Lipinski definition) is 4. The summed E-state index contributed by atoms with van der Waals surface area (Å²) in [5.74, 6) is 1.50. The van der Waals surface area contributed by atoms with Crippen molar-refractivity contribution in [3.05, 3.63) is 46.0 Å². The lowest BCUT2D eigenvalue weighted by molar-refractivity contribution is -0.173. The zero-order chi connectivity index (χ0) is 42.1. The zero-order valence-electron chi connectivity index (χ0n) is 35.9. The van der Waals surface area contributed by atoms with Crippen molar-refractivity contribution in [2.24, 2.45) is 81.2 Å². The Morgan fingerprint density at radius 1 is 0.931 bits per heavy atom. The maximum atomic E-state index is 14.0. The number of ketones is 2. The van der Waals surface area contributed by atoms with Gasteiger partial charge in [-0.1, -0.05) is 58.7 Å². The number of Topliss-reactive ketones (excluding diaryl/α,β-unsaturated/α-hetero) is 2. The average Bonchev–Trinajstić information content (AvgIpc) is 3.46. The maximum Gasteiger partial charge on any atom is 0.306 e. The lowest BCUT2D eigenvalue weighted by atomic mass is 9.37. The van der Waals surface area contributed by atoms with Crippen molar-refractivity contribution in [1.82, 2.24) is 10.6 Å². The molecule has 0 aromatic heterocycles. The van der Waals surface area contributed by atoms with Crippen LogP contribution < -0.4 is 16.4 Å². The van der Waals surface area contributed by atoms with Crippen molar-refractivity contribution in [3.8, 4) is 0 Å². The number of carbonyl (C=O) groups excluding carboxylic acids is 4. The van der Waals surface area contributed by atoms with E-state index in [0.29, 0.717) is 59.4 Å². The summed E-state index contributed by atoms with van der Waals surface area (Å²) in [6.07, 6.45) is 10.2. The molecule has 0 aliphatic heterocycles. The van der Waals surface area contributed by atoms with Crippen LogP contribution in [0.4, 0.5) is 0 Å².